The topological polar surface area (TPSA) is 96.1 Å². The Kier molecular flexibility index (Phi) is 2.70. The van der Waals surface area contributed by atoms with E-state index < -0.39 is 6.10 Å². The molecule has 0 saturated heterocycles. The van der Waals surface area contributed by atoms with E-state index in [4.69, 9.17) is 11.6 Å². The van der Waals surface area contributed by atoms with Crippen LogP contribution in [0.5, 0.6) is 0 Å². The number of aliphatic hydroxyl groups is 2. The number of nitrogens with one attached hydrogen (secondary N) is 1. The lowest BCUT2D eigenvalue weighted by Crippen LogP contribution is -2.22. The summed E-state index contributed by atoms with van der Waals surface area (Å²) in [5.41, 5.74) is 1.000. The van der Waals surface area contributed by atoms with Crippen LogP contribution in [0.2, 0.25) is 5.28 Å². The maximum absolute atomic E-state index is 10.2. The molecule has 0 amide bonds. The van der Waals surface area contributed by atoms with Gasteiger partial charge in [0.15, 0.2) is 17.0 Å². The highest BCUT2D eigenvalue weighted by atomic mass is 35.5. The quantitative estimate of drug-likeness (QED) is 0.727. The number of aliphatic hydroxyl groups excluding tert-OH is 2. The van der Waals surface area contributed by atoms with Gasteiger partial charge in [0.1, 0.15) is 0 Å². The average Bonchev–Trinajstić information content (AvgIpc) is 2.98. The largest absolute Gasteiger partial charge is 0.396 e. The normalized spacial score (nSPS) is 34.2. The molecular formula is C13H16ClN5O2. The molecule has 2 heterocycles. The highest BCUT2D eigenvalue weighted by Crippen LogP contribution is 2.67. The van der Waals surface area contributed by atoms with E-state index in [1.165, 1.54) is 0 Å². The van der Waals surface area contributed by atoms with E-state index in [0.717, 1.165) is 6.42 Å². The molecule has 0 aromatic carbocycles. The summed E-state index contributed by atoms with van der Waals surface area (Å²) >= 11 is 5.98. The molecule has 2 aromatic rings. The van der Waals surface area contributed by atoms with Crippen molar-refractivity contribution in [3.63, 3.8) is 0 Å². The molecule has 2 aliphatic rings. The third-order valence-corrected chi connectivity index (χ3v) is 5.22. The van der Waals surface area contributed by atoms with Crippen LogP contribution in [-0.2, 0) is 0 Å². The van der Waals surface area contributed by atoms with Crippen molar-refractivity contribution in [2.45, 2.75) is 25.0 Å². The first-order valence-electron chi connectivity index (χ1n) is 6.97. The van der Waals surface area contributed by atoms with Gasteiger partial charge in [-0.15, -0.1) is 0 Å². The van der Waals surface area contributed by atoms with Crippen LogP contribution in [-0.4, -0.2) is 49.5 Å². The summed E-state index contributed by atoms with van der Waals surface area (Å²) < 4.78 is 1.96. The van der Waals surface area contributed by atoms with Crippen molar-refractivity contribution in [1.82, 2.24) is 19.5 Å². The summed E-state index contributed by atoms with van der Waals surface area (Å²) in [6.45, 7) is 0.0273. The molecule has 4 atom stereocenters. The monoisotopic (exact) mass is 309 g/mol. The number of aromatic nitrogens is 4. The summed E-state index contributed by atoms with van der Waals surface area (Å²) in [4.78, 5) is 12.8. The summed E-state index contributed by atoms with van der Waals surface area (Å²) in [5.74, 6) is 0.855. The number of halogens is 1. The molecule has 112 valence electrons. The number of hydrogen-bond acceptors (Lipinski definition) is 6. The van der Waals surface area contributed by atoms with Crippen molar-refractivity contribution in [3.05, 3.63) is 11.6 Å². The zero-order valence-electron chi connectivity index (χ0n) is 11.5. The van der Waals surface area contributed by atoms with Crippen LogP contribution in [0.1, 0.15) is 18.9 Å². The van der Waals surface area contributed by atoms with Crippen LogP contribution in [0, 0.1) is 11.3 Å². The van der Waals surface area contributed by atoms with Gasteiger partial charge in [0, 0.05) is 18.5 Å². The van der Waals surface area contributed by atoms with Gasteiger partial charge in [-0.1, -0.05) is 0 Å². The Bertz CT molecular complexity index is 720. The minimum atomic E-state index is -0.476. The number of nitrogens with zero attached hydrogens (tertiary/aromatic N) is 4. The first-order chi connectivity index (χ1) is 10.1. The van der Waals surface area contributed by atoms with Gasteiger partial charge in [-0.25, -0.2) is 4.98 Å². The SMILES string of the molecule is CNc1nc(Cl)nc2c1ncn2[C@H]1C[C@H](O)[C@]2(CO)C[C@H]12. The number of hydrogen-bond donors (Lipinski definition) is 3. The van der Waals surface area contributed by atoms with Gasteiger partial charge < -0.3 is 20.1 Å². The van der Waals surface area contributed by atoms with Crippen LogP contribution in [0.4, 0.5) is 5.82 Å². The molecule has 2 fully saturated rings. The van der Waals surface area contributed by atoms with Crippen molar-refractivity contribution >= 4 is 28.6 Å². The maximum Gasteiger partial charge on any atom is 0.226 e. The average molecular weight is 310 g/mol. The number of anilines is 1. The standard InChI is InChI=1S/C13H16ClN5O2/c1-15-10-9-11(18-12(14)17-10)19(5-16-9)7-2-8(21)13(4-20)3-6(7)13/h5-8,20-21H,2-4H2,1H3,(H,15,17,18)/t6-,7+,8+,13+/m1/s1. The summed E-state index contributed by atoms with van der Waals surface area (Å²) in [6.07, 6.45) is 2.69. The molecule has 3 N–H and O–H groups in total. The number of rotatable bonds is 3. The zero-order valence-corrected chi connectivity index (χ0v) is 12.2. The van der Waals surface area contributed by atoms with Crippen LogP contribution in [0.15, 0.2) is 6.33 Å². The fraction of sp³-hybridized carbons (Fsp3) is 0.615. The van der Waals surface area contributed by atoms with Crippen molar-refractivity contribution in [2.75, 3.05) is 19.0 Å². The van der Waals surface area contributed by atoms with Gasteiger partial charge >= 0.3 is 0 Å². The second-order valence-electron chi connectivity index (χ2n) is 5.94. The lowest BCUT2D eigenvalue weighted by Gasteiger charge is -2.16. The zero-order chi connectivity index (χ0) is 14.8. The molecule has 8 heteroatoms. The first kappa shape index (κ1) is 13.2. The van der Waals surface area contributed by atoms with E-state index in [2.05, 4.69) is 20.3 Å². The highest BCUT2D eigenvalue weighted by Gasteiger charge is 2.67. The molecule has 0 radical (unpaired) electrons. The van der Waals surface area contributed by atoms with E-state index in [9.17, 15) is 10.2 Å². The predicted molar refractivity (Wildman–Crippen MR) is 77.2 cm³/mol. The molecule has 2 aliphatic carbocycles. The molecule has 0 aliphatic heterocycles. The molecule has 2 aromatic heterocycles. The van der Waals surface area contributed by atoms with Crippen LogP contribution >= 0.6 is 11.6 Å². The van der Waals surface area contributed by atoms with Crippen molar-refractivity contribution in [2.24, 2.45) is 11.3 Å². The van der Waals surface area contributed by atoms with Gasteiger partial charge in [-0.05, 0) is 30.4 Å². The van der Waals surface area contributed by atoms with Crippen LogP contribution < -0.4 is 5.32 Å². The lowest BCUT2D eigenvalue weighted by molar-refractivity contribution is 0.0600. The number of fused-ring (bicyclic) bond motifs is 2. The lowest BCUT2D eigenvalue weighted by atomic mass is 10.0. The maximum atomic E-state index is 10.2. The smallest absolute Gasteiger partial charge is 0.226 e. The van der Waals surface area contributed by atoms with E-state index in [1.807, 2.05) is 4.57 Å². The Balaban J connectivity index is 1.81. The Morgan fingerprint density at radius 2 is 2.33 bits per heavy atom. The van der Waals surface area contributed by atoms with Gasteiger partial charge in [0.25, 0.3) is 0 Å². The molecule has 4 rings (SSSR count). The number of imidazole rings is 1. The van der Waals surface area contributed by atoms with E-state index >= 15 is 0 Å². The fourth-order valence-electron chi connectivity index (χ4n) is 3.78. The van der Waals surface area contributed by atoms with Gasteiger partial charge in [-0.3, -0.25) is 0 Å². The van der Waals surface area contributed by atoms with Crippen LogP contribution in [0.3, 0.4) is 0 Å². The van der Waals surface area contributed by atoms with Gasteiger partial charge in [0.05, 0.1) is 19.0 Å². The van der Waals surface area contributed by atoms with Crippen LogP contribution in [0.25, 0.3) is 11.2 Å². The molecule has 7 nitrogen and oxygen atoms in total. The van der Waals surface area contributed by atoms with Gasteiger partial charge in [0.2, 0.25) is 5.28 Å². The Morgan fingerprint density at radius 1 is 1.52 bits per heavy atom. The Labute approximate surface area is 126 Å². The minimum absolute atomic E-state index is 0.0273. The van der Waals surface area contributed by atoms with E-state index in [0.29, 0.717) is 23.4 Å². The van der Waals surface area contributed by atoms with Gasteiger partial charge in [-0.2, -0.15) is 9.97 Å². The van der Waals surface area contributed by atoms with E-state index in [1.54, 1.807) is 13.4 Å². The Hall–Kier alpha value is -1.44. The van der Waals surface area contributed by atoms with Crippen molar-refractivity contribution in [1.29, 1.82) is 0 Å². The van der Waals surface area contributed by atoms with Crippen molar-refractivity contribution < 1.29 is 10.2 Å². The summed E-state index contributed by atoms with van der Waals surface area (Å²) in [5, 5.41) is 22.9. The molecule has 21 heavy (non-hydrogen) atoms. The summed E-state index contributed by atoms with van der Waals surface area (Å²) in [6, 6.07) is 0.0906. The molecule has 2 saturated carbocycles. The first-order valence-corrected chi connectivity index (χ1v) is 7.35. The molecular weight excluding hydrogens is 294 g/mol. The second-order valence-corrected chi connectivity index (χ2v) is 6.27. The third kappa shape index (κ3) is 1.65. The highest BCUT2D eigenvalue weighted by molar-refractivity contribution is 6.28. The second kappa shape index (κ2) is 4.28. The molecule has 0 unspecified atom stereocenters. The molecule has 0 spiro atoms. The summed E-state index contributed by atoms with van der Waals surface area (Å²) in [7, 11) is 1.76. The molecule has 0 bridgehead atoms. The third-order valence-electron chi connectivity index (χ3n) is 5.05. The van der Waals surface area contributed by atoms with E-state index in [-0.39, 0.29) is 29.3 Å². The predicted octanol–water partition coefficient (Wildman–Crippen LogP) is 0.826. The Morgan fingerprint density at radius 3 is 2.95 bits per heavy atom. The minimum Gasteiger partial charge on any atom is -0.396 e. The fourth-order valence-corrected chi connectivity index (χ4v) is 3.95. The van der Waals surface area contributed by atoms with Crippen molar-refractivity contribution in [3.8, 4) is 0 Å².